The van der Waals surface area contributed by atoms with Crippen LogP contribution in [0.25, 0.3) is 5.65 Å². The van der Waals surface area contributed by atoms with Crippen LogP contribution in [0.5, 0.6) is 0 Å². The van der Waals surface area contributed by atoms with Crippen molar-refractivity contribution in [1.82, 2.24) is 19.6 Å². The van der Waals surface area contributed by atoms with E-state index in [1.807, 2.05) is 65.3 Å². The summed E-state index contributed by atoms with van der Waals surface area (Å²) in [5.41, 5.74) is 4.72. The topological polar surface area (TPSA) is 92.0 Å². The molecule has 2 aromatic heterocycles. The Bertz CT molecular complexity index is 1630. The highest BCUT2D eigenvalue weighted by Crippen LogP contribution is 2.39. The van der Waals surface area contributed by atoms with Crippen LogP contribution in [0.4, 0.5) is 5.82 Å². The first-order valence-electron chi connectivity index (χ1n) is 15.9. The molecule has 7 rings (SSSR count). The van der Waals surface area contributed by atoms with Crippen LogP contribution < -0.4 is 5.32 Å². The van der Waals surface area contributed by atoms with Gasteiger partial charge in [0.1, 0.15) is 30.7 Å². The van der Waals surface area contributed by atoms with Crippen LogP contribution in [-0.4, -0.2) is 50.5 Å². The fourth-order valence-corrected chi connectivity index (χ4v) is 6.28. The Hall–Kier alpha value is -4.15. The van der Waals surface area contributed by atoms with Gasteiger partial charge in [-0.05, 0) is 29.5 Å². The van der Waals surface area contributed by atoms with Crippen molar-refractivity contribution in [2.24, 2.45) is 0 Å². The minimum atomic E-state index is -0.496. The number of benzene rings is 3. The number of fused-ring (bicyclic) bond motifs is 1. The van der Waals surface area contributed by atoms with Crippen LogP contribution in [0.2, 0.25) is 0 Å². The molecule has 5 aromatic rings. The summed E-state index contributed by atoms with van der Waals surface area (Å²) >= 11 is 0. The van der Waals surface area contributed by atoms with E-state index in [-0.39, 0.29) is 6.10 Å². The van der Waals surface area contributed by atoms with Gasteiger partial charge in [0.25, 0.3) is 0 Å². The molecule has 2 aliphatic rings. The van der Waals surface area contributed by atoms with Gasteiger partial charge in [0.2, 0.25) is 0 Å². The Morgan fingerprint density at radius 3 is 1.98 bits per heavy atom. The Balaban J connectivity index is 1.18. The molecule has 3 aromatic carbocycles. The van der Waals surface area contributed by atoms with E-state index >= 15 is 0 Å². The standard InChI is InChI=1S/C36H39N5O4/c1-4-12-26(13-5-1)21-42-24-31-33(43-22-27-14-6-2-7-15-27)34(44-23-28-16-8-3-9-17-28)32(45-31)30-20-37-36-35(38-25-39-41(30)36)40-29-18-10-11-19-29/h1-9,12-17,20,25,29,31-34H,10-11,18-19,21-24H2,(H,38,39,40)/t31-,32+,33-,34+/m1/s1. The predicted molar refractivity (Wildman–Crippen MR) is 170 cm³/mol. The van der Waals surface area contributed by atoms with Gasteiger partial charge in [-0.2, -0.15) is 5.10 Å². The van der Waals surface area contributed by atoms with Crippen LogP contribution >= 0.6 is 0 Å². The Morgan fingerprint density at radius 2 is 1.33 bits per heavy atom. The molecule has 0 unspecified atom stereocenters. The van der Waals surface area contributed by atoms with E-state index < -0.39 is 18.3 Å². The first-order valence-corrected chi connectivity index (χ1v) is 15.9. The van der Waals surface area contributed by atoms with Gasteiger partial charge in [-0.1, -0.05) is 104 Å². The summed E-state index contributed by atoms with van der Waals surface area (Å²) in [5.74, 6) is 0.738. The Kier molecular flexibility index (Phi) is 9.39. The molecule has 1 aliphatic heterocycles. The highest BCUT2D eigenvalue weighted by atomic mass is 16.6. The summed E-state index contributed by atoms with van der Waals surface area (Å²) in [5, 5.41) is 8.21. The molecule has 3 heterocycles. The van der Waals surface area contributed by atoms with Crippen molar-refractivity contribution in [2.45, 2.75) is 76.0 Å². The molecule has 0 bridgehead atoms. The average Bonchev–Trinajstić information content (AvgIpc) is 3.84. The maximum atomic E-state index is 6.81. The van der Waals surface area contributed by atoms with E-state index in [0.717, 1.165) is 41.0 Å². The quantitative estimate of drug-likeness (QED) is 0.167. The highest BCUT2D eigenvalue weighted by Gasteiger charge is 2.48. The van der Waals surface area contributed by atoms with Gasteiger partial charge < -0.3 is 24.3 Å². The summed E-state index contributed by atoms with van der Waals surface area (Å²) in [6.07, 6.45) is 6.41. The number of hydrogen-bond donors (Lipinski definition) is 1. The number of imidazole rings is 1. The largest absolute Gasteiger partial charge is 0.374 e. The smallest absolute Gasteiger partial charge is 0.197 e. The fraction of sp³-hybridized carbons (Fsp3) is 0.361. The second kappa shape index (κ2) is 14.3. The molecule has 1 N–H and O–H groups in total. The molecular formula is C36H39N5O4. The number of nitrogens with zero attached hydrogens (tertiary/aromatic N) is 4. The van der Waals surface area contributed by atoms with Gasteiger partial charge in [0, 0.05) is 6.04 Å². The van der Waals surface area contributed by atoms with Gasteiger partial charge in [-0.25, -0.2) is 14.5 Å². The van der Waals surface area contributed by atoms with Crippen LogP contribution in [0.15, 0.2) is 104 Å². The lowest BCUT2D eigenvalue weighted by Crippen LogP contribution is -2.38. The minimum absolute atomic E-state index is 0.344. The lowest BCUT2D eigenvalue weighted by atomic mass is 10.0. The molecule has 1 aliphatic carbocycles. The summed E-state index contributed by atoms with van der Waals surface area (Å²) < 4.78 is 28.2. The normalized spacial score (nSPS) is 21.9. The molecule has 1 saturated heterocycles. The molecule has 45 heavy (non-hydrogen) atoms. The van der Waals surface area contributed by atoms with E-state index in [9.17, 15) is 0 Å². The SMILES string of the molecule is c1ccc(COC[C@H]2O[C@@H](c3cnc4c(NC5CCCC5)ncnn34)[C@H](OCc3ccccc3)[C@@H]2OCc2ccccc2)cc1. The number of nitrogens with one attached hydrogen (secondary N) is 1. The van der Waals surface area contributed by atoms with Crippen molar-refractivity contribution in [3.8, 4) is 0 Å². The lowest BCUT2D eigenvalue weighted by Gasteiger charge is -2.25. The third-order valence-electron chi connectivity index (χ3n) is 8.59. The zero-order valence-electron chi connectivity index (χ0n) is 25.3. The molecule has 1 saturated carbocycles. The molecular weight excluding hydrogens is 566 g/mol. The summed E-state index contributed by atoms with van der Waals surface area (Å²) in [4.78, 5) is 9.32. The van der Waals surface area contributed by atoms with Crippen molar-refractivity contribution < 1.29 is 18.9 Å². The molecule has 0 radical (unpaired) electrons. The maximum absolute atomic E-state index is 6.81. The first-order chi connectivity index (χ1) is 22.3. The fourth-order valence-electron chi connectivity index (χ4n) is 6.28. The summed E-state index contributed by atoms with van der Waals surface area (Å²) in [6.45, 7) is 1.66. The third-order valence-corrected chi connectivity index (χ3v) is 8.59. The van der Waals surface area contributed by atoms with E-state index in [4.69, 9.17) is 23.9 Å². The van der Waals surface area contributed by atoms with Crippen LogP contribution in [0.1, 0.15) is 54.2 Å². The van der Waals surface area contributed by atoms with Crippen molar-refractivity contribution in [1.29, 1.82) is 0 Å². The zero-order valence-corrected chi connectivity index (χ0v) is 25.3. The van der Waals surface area contributed by atoms with Crippen LogP contribution in [-0.2, 0) is 38.8 Å². The zero-order chi connectivity index (χ0) is 30.3. The van der Waals surface area contributed by atoms with Crippen LogP contribution in [0.3, 0.4) is 0 Å². The Labute approximate surface area is 263 Å². The van der Waals surface area contributed by atoms with Gasteiger partial charge in [-0.3, -0.25) is 0 Å². The van der Waals surface area contributed by atoms with E-state index in [0.29, 0.717) is 38.1 Å². The lowest BCUT2D eigenvalue weighted by molar-refractivity contribution is -0.0898. The summed E-state index contributed by atoms with van der Waals surface area (Å²) in [6, 6.07) is 30.9. The van der Waals surface area contributed by atoms with E-state index in [1.165, 1.54) is 12.8 Å². The van der Waals surface area contributed by atoms with Crippen molar-refractivity contribution >= 4 is 11.5 Å². The highest BCUT2D eigenvalue weighted by molar-refractivity contribution is 5.62. The predicted octanol–water partition coefficient (Wildman–Crippen LogP) is 6.31. The molecule has 4 atom stereocenters. The molecule has 9 nitrogen and oxygen atoms in total. The number of hydrogen-bond acceptors (Lipinski definition) is 8. The van der Waals surface area contributed by atoms with E-state index in [1.54, 1.807) is 6.33 Å². The molecule has 232 valence electrons. The summed E-state index contributed by atoms with van der Waals surface area (Å²) in [7, 11) is 0. The molecule has 9 heteroatoms. The minimum Gasteiger partial charge on any atom is -0.374 e. The van der Waals surface area contributed by atoms with Gasteiger partial charge in [0.15, 0.2) is 11.5 Å². The first kappa shape index (κ1) is 29.6. The second-order valence-corrected chi connectivity index (χ2v) is 11.8. The number of anilines is 1. The van der Waals surface area contributed by atoms with Crippen molar-refractivity contribution in [2.75, 3.05) is 11.9 Å². The van der Waals surface area contributed by atoms with Gasteiger partial charge >= 0.3 is 0 Å². The van der Waals surface area contributed by atoms with Crippen LogP contribution in [0, 0.1) is 0 Å². The third kappa shape index (κ3) is 7.07. The molecule has 0 amide bonds. The van der Waals surface area contributed by atoms with Crippen molar-refractivity contribution in [3.05, 3.63) is 126 Å². The molecule has 0 spiro atoms. The monoisotopic (exact) mass is 605 g/mol. The number of rotatable bonds is 13. The number of aromatic nitrogens is 4. The van der Waals surface area contributed by atoms with Gasteiger partial charge in [-0.15, -0.1) is 0 Å². The van der Waals surface area contributed by atoms with Gasteiger partial charge in [0.05, 0.1) is 38.3 Å². The van der Waals surface area contributed by atoms with Crippen molar-refractivity contribution in [3.63, 3.8) is 0 Å². The molecule has 2 fully saturated rings. The Morgan fingerprint density at radius 1 is 0.733 bits per heavy atom. The second-order valence-electron chi connectivity index (χ2n) is 11.8. The van der Waals surface area contributed by atoms with E-state index in [2.05, 4.69) is 51.8 Å². The maximum Gasteiger partial charge on any atom is 0.197 e. The number of ether oxygens (including phenoxy) is 4. The average molecular weight is 606 g/mol.